The fraction of sp³-hybridized carbons (Fsp3) is 0.222. The molecule has 0 radical (unpaired) electrons. The highest BCUT2D eigenvalue weighted by atomic mass is 19.1. The second-order valence-electron chi connectivity index (χ2n) is 7.65. The summed E-state index contributed by atoms with van der Waals surface area (Å²) in [6.45, 7) is 2.96. The molecule has 4 aromatic rings. The molecule has 170 valence electrons. The molecule has 0 bridgehead atoms. The fourth-order valence-corrected chi connectivity index (χ4v) is 3.70. The zero-order valence-electron chi connectivity index (χ0n) is 18.7. The number of pyridine rings is 1. The highest BCUT2D eigenvalue weighted by Gasteiger charge is 2.18. The van der Waals surface area contributed by atoms with E-state index in [1.807, 2.05) is 37.3 Å². The molecule has 0 amide bonds. The third-order valence-electron chi connectivity index (χ3n) is 5.34. The summed E-state index contributed by atoms with van der Waals surface area (Å²) in [6, 6.07) is 19.7. The minimum atomic E-state index is -0.592. The molecule has 0 atom stereocenters. The van der Waals surface area contributed by atoms with Crippen molar-refractivity contribution in [2.75, 3.05) is 13.7 Å². The standard InChI is InChI=1S/C27H26FNO4/c1-3-15-33-24-14-13-23(28)25-26(24)29(18-32-17-19-7-5-4-6-8-19)16-22(27(25)30)20-9-11-21(31-2)12-10-20/h4-14,16H,3,15,17-18H2,1-2H3. The summed E-state index contributed by atoms with van der Waals surface area (Å²) >= 11 is 0. The summed E-state index contributed by atoms with van der Waals surface area (Å²) < 4.78 is 33.8. The molecule has 0 spiro atoms. The fourth-order valence-electron chi connectivity index (χ4n) is 3.70. The molecule has 0 aliphatic carbocycles. The van der Waals surface area contributed by atoms with Gasteiger partial charge >= 0.3 is 0 Å². The second kappa shape index (κ2) is 10.3. The van der Waals surface area contributed by atoms with Gasteiger partial charge in [0.15, 0.2) is 5.43 Å². The minimum Gasteiger partial charge on any atom is -0.497 e. The number of fused-ring (bicyclic) bond motifs is 1. The van der Waals surface area contributed by atoms with Crippen LogP contribution in [0.4, 0.5) is 4.39 Å². The molecule has 0 fully saturated rings. The van der Waals surface area contributed by atoms with E-state index in [4.69, 9.17) is 14.2 Å². The Balaban J connectivity index is 1.82. The number of methoxy groups -OCH3 is 1. The summed E-state index contributed by atoms with van der Waals surface area (Å²) in [7, 11) is 1.58. The first-order chi connectivity index (χ1) is 16.1. The topological polar surface area (TPSA) is 49.7 Å². The maximum absolute atomic E-state index is 15.0. The largest absolute Gasteiger partial charge is 0.497 e. The number of nitrogens with zero attached hydrogens (tertiary/aromatic N) is 1. The lowest BCUT2D eigenvalue weighted by Crippen LogP contribution is -2.16. The van der Waals surface area contributed by atoms with Crippen LogP contribution in [0.3, 0.4) is 0 Å². The van der Waals surface area contributed by atoms with E-state index in [-0.39, 0.29) is 12.1 Å². The normalized spacial score (nSPS) is 11.0. The van der Waals surface area contributed by atoms with E-state index in [2.05, 4.69) is 0 Å². The van der Waals surface area contributed by atoms with Gasteiger partial charge in [0, 0.05) is 11.8 Å². The van der Waals surface area contributed by atoms with E-state index in [1.54, 1.807) is 48.2 Å². The SMILES string of the molecule is CCCOc1ccc(F)c2c(=O)c(-c3ccc(OC)cc3)cn(COCc3ccccc3)c12. The maximum atomic E-state index is 15.0. The molecule has 0 saturated carbocycles. The lowest BCUT2D eigenvalue weighted by molar-refractivity contribution is 0.0662. The number of halogens is 1. The van der Waals surface area contributed by atoms with Gasteiger partial charge in [-0.2, -0.15) is 0 Å². The van der Waals surface area contributed by atoms with Crippen molar-refractivity contribution in [2.45, 2.75) is 26.7 Å². The van der Waals surface area contributed by atoms with E-state index in [9.17, 15) is 4.79 Å². The Kier molecular flexibility index (Phi) is 7.05. The van der Waals surface area contributed by atoms with Gasteiger partial charge in [-0.15, -0.1) is 0 Å². The summed E-state index contributed by atoms with van der Waals surface area (Å²) in [5.74, 6) is 0.536. The zero-order valence-corrected chi connectivity index (χ0v) is 18.7. The van der Waals surface area contributed by atoms with Gasteiger partial charge in [-0.25, -0.2) is 4.39 Å². The Hall–Kier alpha value is -3.64. The Morgan fingerprint density at radius 1 is 0.970 bits per heavy atom. The molecule has 5 nitrogen and oxygen atoms in total. The summed E-state index contributed by atoms with van der Waals surface area (Å²) in [5, 5.41) is -0.0137. The van der Waals surface area contributed by atoms with Crippen molar-refractivity contribution in [1.82, 2.24) is 4.57 Å². The zero-order chi connectivity index (χ0) is 23.2. The van der Waals surface area contributed by atoms with E-state index in [1.165, 1.54) is 6.07 Å². The molecule has 0 aliphatic rings. The van der Waals surface area contributed by atoms with Gasteiger partial charge in [-0.05, 0) is 41.8 Å². The molecule has 4 rings (SSSR count). The number of rotatable bonds is 9. The lowest BCUT2D eigenvalue weighted by atomic mass is 10.0. The lowest BCUT2D eigenvalue weighted by Gasteiger charge is -2.18. The third kappa shape index (κ3) is 4.91. The van der Waals surface area contributed by atoms with Crippen LogP contribution in [-0.4, -0.2) is 18.3 Å². The third-order valence-corrected chi connectivity index (χ3v) is 5.34. The van der Waals surface area contributed by atoms with Crippen LogP contribution in [-0.2, 0) is 18.1 Å². The van der Waals surface area contributed by atoms with Crippen LogP contribution in [0.2, 0.25) is 0 Å². The number of benzene rings is 3. The second-order valence-corrected chi connectivity index (χ2v) is 7.65. The Morgan fingerprint density at radius 2 is 1.73 bits per heavy atom. The van der Waals surface area contributed by atoms with Crippen LogP contribution in [0.15, 0.2) is 77.7 Å². The van der Waals surface area contributed by atoms with Crippen LogP contribution < -0.4 is 14.9 Å². The van der Waals surface area contributed by atoms with Crippen LogP contribution in [0.5, 0.6) is 11.5 Å². The van der Waals surface area contributed by atoms with Gasteiger partial charge in [0.2, 0.25) is 0 Å². The molecule has 1 aromatic heterocycles. The molecule has 33 heavy (non-hydrogen) atoms. The van der Waals surface area contributed by atoms with Gasteiger partial charge in [-0.3, -0.25) is 4.79 Å². The van der Waals surface area contributed by atoms with Crippen LogP contribution in [0, 0.1) is 5.82 Å². The van der Waals surface area contributed by atoms with Crippen molar-refractivity contribution >= 4 is 10.9 Å². The predicted molar refractivity (Wildman–Crippen MR) is 127 cm³/mol. The number of hydrogen-bond donors (Lipinski definition) is 0. The highest BCUT2D eigenvalue weighted by Crippen LogP contribution is 2.30. The smallest absolute Gasteiger partial charge is 0.200 e. The molecule has 3 aromatic carbocycles. The average molecular weight is 448 g/mol. The van der Waals surface area contributed by atoms with Crippen molar-refractivity contribution in [1.29, 1.82) is 0 Å². The Morgan fingerprint density at radius 3 is 2.42 bits per heavy atom. The highest BCUT2D eigenvalue weighted by molar-refractivity contribution is 5.89. The van der Waals surface area contributed by atoms with Gasteiger partial charge in [0.25, 0.3) is 0 Å². The quantitative estimate of drug-likeness (QED) is 0.326. The molecule has 0 saturated heterocycles. The monoisotopic (exact) mass is 447 g/mol. The molecular weight excluding hydrogens is 421 g/mol. The van der Waals surface area contributed by atoms with Gasteiger partial charge in [0.1, 0.15) is 24.0 Å². The van der Waals surface area contributed by atoms with Gasteiger partial charge < -0.3 is 18.8 Å². The van der Waals surface area contributed by atoms with Crippen LogP contribution in [0.1, 0.15) is 18.9 Å². The molecule has 0 N–H and O–H groups in total. The molecule has 1 heterocycles. The predicted octanol–water partition coefficient (Wildman–Crippen LogP) is 5.78. The van der Waals surface area contributed by atoms with E-state index < -0.39 is 11.2 Å². The molecule has 0 unspecified atom stereocenters. The van der Waals surface area contributed by atoms with Crippen molar-refractivity contribution in [2.24, 2.45) is 0 Å². The van der Waals surface area contributed by atoms with Crippen LogP contribution in [0.25, 0.3) is 22.0 Å². The van der Waals surface area contributed by atoms with E-state index >= 15 is 4.39 Å². The Bertz CT molecular complexity index is 1280. The van der Waals surface area contributed by atoms with Crippen LogP contribution >= 0.6 is 0 Å². The number of ether oxygens (including phenoxy) is 3. The minimum absolute atomic E-state index is 0.0137. The van der Waals surface area contributed by atoms with Gasteiger partial charge in [-0.1, -0.05) is 49.4 Å². The first kappa shape index (κ1) is 22.6. The first-order valence-electron chi connectivity index (χ1n) is 10.9. The molecular formula is C27H26FNO4. The van der Waals surface area contributed by atoms with Crippen molar-refractivity contribution < 1.29 is 18.6 Å². The maximum Gasteiger partial charge on any atom is 0.200 e. The molecule has 6 heteroatoms. The first-order valence-corrected chi connectivity index (χ1v) is 10.9. The Labute approximate surface area is 192 Å². The van der Waals surface area contributed by atoms with Gasteiger partial charge in [0.05, 0.1) is 31.2 Å². The summed E-state index contributed by atoms with van der Waals surface area (Å²) in [6.07, 6.45) is 2.49. The van der Waals surface area contributed by atoms with E-state index in [0.717, 1.165) is 12.0 Å². The number of aromatic nitrogens is 1. The number of hydrogen-bond acceptors (Lipinski definition) is 4. The van der Waals surface area contributed by atoms with E-state index in [0.29, 0.717) is 41.4 Å². The average Bonchev–Trinajstić information content (AvgIpc) is 2.85. The van der Waals surface area contributed by atoms with Crippen molar-refractivity contribution in [3.05, 3.63) is 94.5 Å². The van der Waals surface area contributed by atoms with Crippen molar-refractivity contribution in [3.63, 3.8) is 0 Å². The van der Waals surface area contributed by atoms with Crippen molar-refractivity contribution in [3.8, 4) is 22.6 Å². The summed E-state index contributed by atoms with van der Waals surface area (Å²) in [4.78, 5) is 13.4. The summed E-state index contributed by atoms with van der Waals surface area (Å²) in [5.41, 5.74) is 2.05. The molecule has 0 aliphatic heterocycles.